The zero-order chi connectivity index (χ0) is 15.3. The number of hydrogen-bond acceptors (Lipinski definition) is 5. The van der Waals surface area contributed by atoms with Crippen LogP contribution in [0.25, 0.3) is 0 Å². The highest BCUT2D eigenvalue weighted by molar-refractivity contribution is 14.1. The van der Waals surface area contributed by atoms with Gasteiger partial charge in [-0.3, -0.25) is 4.79 Å². The van der Waals surface area contributed by atoms with E-state index in [1.165, 1.54) is 7.11 Å². The predicted molar refractivity (Wildman–Crippen MR) is 85.1 cm³/mol. The molecule has 5 nitrogen and oxygen atoms in total. The summed E-state index contributed by atoms with van der Waals surface area (Å²) < 4.78 is 18.0. The number of carbonyl (C=O) groups is 1. The van der Waals surface area contributed by atoms with E-state index in [9.17, 15) is 4.79 Å². The Balaban J connectivity index is 1.92. The normalized spacial score (nSPS) is 35.0. The molecule has 0 amide bonds. The highest BCUT2D eigenvalue weighted by Crippen LogP contribution is 2.44. The first kappa shape index (κ1) is 17.0. The Morgan fingerprint density at radius 2 is 2.24 bits per heavy atom. The number of halogens is 1. The van der Waals surface area contributed by atoms with Crippen LogP contribution in [0.5, 0.6) is 0 Å². The van der Waals surface area contributed by atoms with E-state index >= 15 is 0 Å². The van der Waals surface area contributed by atoms with E-state index in [0.717, 1.165) is 30.1 Å². The van der Waals surface area contributed by atoms with Crippen LogP contribution in [0.3, 0.4) is 0 Å². The topological polar surface area (TPSA) is 68.5 Å². The number of hydrogen-bond donors (Lipinski definition) is 0. The maximum atomic E-state index is 11.3. The van der Waals surface area contributed by atoms with Crippen LogP contribution in [0.4, 0.5) is 0 Å². The van der Waals surface area contributed by atoms with Gasteiger partial charge < -0.3 is 14.2 Å². The average molecular weight is 407 g/mol. The molecule has 2 rings (SSSR count). The zero-order valence-corrected chi connectivity index (χ0v) is 14.5. The van der Waals surface area contributed by atoms with Gasteiger partial charge in [-0.25, -0.2) is 0 Å². The van der Waals surface area contributed by atoms with Crippen LogP contribution in [0.2, 0.25) is 0 Å². The van der Waals surface area contributed by atoms with Gasteiger partial charge in [-0.2, -0.15) is 5.26 Å². The average Bonchev–Trinajstić information content (AvgIpc) is 2.88. The van der Waals surface area contributed by atoms with Gasteiger partial charge in [0.15, 0.2) is 0 Å². The Bertz CT molecular complexity index is 411. The van der Waals surface area contributed by atoms with Crippen molar-refractivity contribution in [1.82, 2.24) is 0 Å². The van der Waals surface area contributed by atoms with E-state index in [0.29, 0.717) is 19.3 Å². The lowest BCUT2D eigenvalue weighted by molar-refractivity contribution is -0.153. The zero-order valence-electron chi connectivity index (χ0n) is 12.3. The van der Waals surface area contributed by atoms with E-state index in [-0.39, 0.29) is 29.9 Å². The maximum Gasteiger partial charge on any atom is 0.305 e. The summed E-state index contributed by atoms with van der Waals surface area (Å²) in [5.74, 6) is -0.190. The molecular formula is C15H22INO4. The number of methoxy groups -OCH3 is 1. The summed E-state index contributed by atoms with van der Waals surface area (Å²) in [5.41, 5.74) is -0.236. The van der Waals surface area contributed by atoms with Gasteiger partial charge in [0.05, 0.1) is 31.5 Å². The summed E-state index contributed by atoms with van der Waals surface area (Å²) in [6, 6.07) is 2.19. The molecule has 21 heavy (non-hydrogen) atoms. The Hall–Kier alpha value is -0.390. The Morgan fingerprint density at radius 1 is 1.43 bits per heavy atom. The van der Waals surface area contributed by atoms with Crippen molar-refractivity contribution in [3.8, 4) is 6.07 Å². The minimum absolute atomic E-state index is 0.0681. The molecule has 0 aromatic heterocycles. The largest absolute Gasteiger partial charge is 0.469 e. The van der Waals surface area contributed by atoms with Crippen LogP contribution >= 0.6 is 22.6 Å². The third-order valence-electron chi connectivity index (χ3n) is 4.37. The number of rotatable bonds is 6. The molecule has 0 radical (unpaired) electrons. The van der Waals surface area contributed by atoms with Crippen LogP contribution in [0.1, 0.15) is 44.9 Å². The molecule has 0 bridgehead atoms. The molecule has 2 aliphatic heterocycles. The Morgan fingerprint density at radius 3 is 2.90 bits per heavy atom. The van der Waals surface area contributed by atoms with Gasteiger partial charge >= 0.3 is 5.97 Å². The predicted octanol–water partition coefficient (Wildman–Crippen LogP) is 2.75. The molecule has 0 saturated carbocycles. The van der Waals surface area contributed by atoms with Crippen molar-refractivity contribution in [1.29, 1.82) is 5.26 Å². The van der Waals surface area contributed by atoms with Gasteiger partial charge in [0, 0.05) is 23.7 Å². The lowest BCUT2D eigenvalue weighted by atomic mass is 9.87. The number of nitriles is 1. The van der Waals surface area contributed by atoms with Crippen molar-refractivity contribution in [2.24, 2.45) is 0 Å². The maximum absolute atomic E-state index is 11.3. The van der Waals surface area contributed by atoms with Crippen LogP contribution < -0.4 is 0 Å². The first-order valence-electron chi connectivity index (χ1n) is 7.46. The first-order chi connectivity index (χ1) is 10.1. The minimum atomic E-state index is -0.236. The molecule has 0 aromatic rings. The van der Waals surface area contributed by atoms with E-state index in [1.54, 1.807) is 0 Å². The lowest BCUT2D eigenvalue weighted by Gasteiger charge is -2.41. The van der Waals surface area contributed by atoms with Crippen molar-refractivity contribution in [3.63, 3.8) is 0 Å². The smallest absolute Gasteiger partial charge is 0.305 e. The SMILES string of the molecule is COC(=O)CCC1CC2(CI)OC(CCC#N)CCC2O1. The fourth-order valence-corrected chi connectivity index (χ4v) is 4.24. The van der Waals surface area contributed by atoms with Gasteiger partial charge in [-0.1, -0.05) is 22.6 Å². The summed E-state index contributed by atoms with van der Waals surface area (Å²) in [5, 5.41) is 8.72. The molecule has 6 heteroatoms. The second-order valence-corrected chi connectivity index (χ2v) is 6.54. The molecule has 2 saturated heterocycles. The van der Waals surface area contributed by atoms with Gasteiger partial charge in [0.2, 0.25) is 0 Å². The lowest BCUT2D eigenvalue weighted by Crippen LogP contribution is -2.49. The monoisotopic (exact) mass is 407 g/mol. The van der Waals surface area contributed by atoms with E-state index < -0.39 is 0 Å². The standard InChI is InChI=1S/C15H22INO4/c1-19-14(18)7-5-12-9-15(10-16)13(20-12)6-4-11(21-15)3-2-8-17/h11-13H,2-7,9-10H2,1H3. The molecule has 0 N–H and O–H groups in total. The molecule has 0 aliphatic carbocycles. The van der Waals surface area contributed by atoms with Gasteiger partial charge in [0.1, 0.15) is 5.60 Å². The first-order valence-corrected chi connectivity index (χ1v) is 8.99. The second-order valence-electron chi connectivity index (χ2n) is 5.78. The number of carbonyl (C=O) groups excluding carboxylic acids is 1. The molecule has 4 unspecified atom stereocenters. The summed E-state index contributed by atoms with van der Waals surface area (Å²) in [7, 11) is 1.41. The minimum Gasteiger partial charge on any atom is -0.469 e. The Kier molecular flexibility index (Phi) is 6.26. The highest BCUT2D eigenvalue weighted by Gasteiger charge is 2.52. The van der Waals surface area contributed by atoms with Crippen molar-refractivity contribution in [2.45, 2.75) is 68.9 Å². The van der Waals surface area contributed by atoms with Gasteiger partial charge in [-0.15, -0.1) is 0 Å². The molecule has 2 fully saturated rings. The molecule has 2 aliphatic rings. The summed E-state index contributed by atoms with van der Waals surface area (Å²) in [4.78, 5) is 11.3. The van der Waals surface area contributed by atoms with E-state index in [1.807, 2.05) is 0 Å². The highest BCUT2D eigenvalue weighted by atomic mass is 127. The third kappa shape index (κ3) is 4.08. The van der Waals surface area contributed by atoms with Crippen molar-refractivity contribution < 1.29 is 19.0 Å². The summed E-state index contributed by atoms with van der Waals surface area (Å²) >= 11 is 2.36. The summed E-state index contributed by atoms with van der Waals surface area (Å²) in [6.07, 6.45) is 5.54. The number of alkyl halides is 1. The number of ether oxygens (including phenoxy) is 3. The molecular weight excluding hydrogens is 385 g/mol. The molecule has 2 heterocycles. The van der Waals surface area contributed by atoms with E-state index in [4.69, 9.17) is 14.7 Å². The molecule has 0 aromatic carbocycles. The van der Waals surface area contributed by atoms with Crippen LogP contribution in [0.15, 0.2) is 0 Å². The molecule has 118 valence electrons. The summed E-state index contributed by atoms with van der Waals surface area (Å²) in [6.45, 7) is 0. The quantitative estimate of drug-likeness (QED) is 0.385. The second kappa shape index (κ2) is 7.75. The van der Waals surface area contributed by atoms with Crippen LogP contribution in [0, 0.1) is 11.3 Å². The van der Waals surface area contributed by atoms with Crippen molar-refractivity contribution >= 4 is 28.6 Å². The fourth-order valence-electron chi connectivity index (χ4n) is 3.26. The van der Waals surface area contributed by atoms with E-state index in [2.05, 4.69) is 33.4 Å². The molecule has 0 spiro atoms. The van der Waals surface area contributed by atoms with Gasteiger partial charge in [-0.05, 0) is 25.7 Å². The third-order valence-corrected chi connectivity index (χ3v) is 5.66. The van der Waals surface area contributed by atoms with Crippen LogP contribution in [-0.4, -0.2) is 41.4 Å². The van der Waals surface area contributed by atoms with Crippen molar-refractivity contribution in [3.05, 3.63) is 0 Å². The number of fused-ring (bicyclic) bond motifs is 1. The van der Waals surface area contributed by atoms with Crippen molar-refractivity contribution in [2.75, 3.05) is 11.5 Å². The number of nitrogens with zero attached hydrogens (tertiary/aromatic N) is 1. The fraction of sp³-hybridized carbons (Fsp3) is 0.867. The molecule has 4 atom stereocenters. The van der Waals surface area contributed by atoms with Gasteiger partial charge in [0.25, 0.3) is 0 Å². The number of esters is 1. The Labute approximate surface area is 139 Å². The van der Waals surface area contributed by atoms with Crippen LogP contribution in [-0.2, 0) is 19.0 Å².